The minimum atomic E-state index is 0.884. The van der Waals surface area contributed by atoms with E-state index in [4.69, 9.17) is 4.42 Å². The number of fused-ring (bicyclic) bond motifs is 7. The van der Waals surface area contributed by atoms with E-state index < -0.39 is 0 Å². The van der Waals surface area contributed by atoms with Crippen LogP contribution in [0.3, 0.4) is 0 Å². The van der Waals surface area contributed by atoms with Gasteiger partial charge in [0.25, 0.3) is 0 Å². The lowest BCUT2D eigenvalue weighted by Gasteiger charge is -2.29. The first-order valence-electron chi connectivity index (χ1n) is 21.2. The molecule has 290 valence electrons. The van der Waals surface area contributed by atoms with Crippen LogP contribution in [0.1, 0.15) is 0 Å². The maximum Gasteiger partial charge on any atom is 0.143 e. The Labute approximate surface area is 360 Å². The number of hydrogen-bond donors (Lipinski definition) is 0. The molecule has 12 aromatic rings. The molecule has 0 saturated carbocycles. The van der Waals surface area contributed by atoms with Gasteiger partial charge in [-0.15, -0.1) is 0 Å². The van der Waals surface area contributed by atoms with Crippen molar-refractivity contribution in [3.05, 3.63) is 237 Å². The average molecular weight is 790 g/mol. The van der Waals surface area contributed by atoms with E-state index >= 15 is 0 Å². The molecule has 12 rings (SSSR count). The highest BCUT2D eigenvalue weighted by atomic mass is 16.3. The molecule has 0 radical (unpaired) electrons. The van der Waals surface area contributed by atoms with Gasteiger partial charge in [-0.3, -0.25) is 0 Å². The van der Waals surface area contributed by atoms with E-state index in [0.29, 0.717) is 0 Å². The van der Waals surface area contributed by atoms with E-state index in [0.717, 1.165) is 72.2 Å². The van der Waals surface area contributed by atoms with Gasteiger partial charge in [-0.1, -0.05) is 194 Å². The van der Waals surface area contributed by atoms with Gasteiger partial charge in [-0.25, -0.2) is 0 Å². The Bertz CT molecular complexity index is 3630. The highest BCUT2D eigenvalue weighted by molar-refractivity contribution is 6.19. The quantitative estimate of drug-likeness (QED) is 0.160. The summed E-state index contributed by atoms with van der Waals surface area (Å²) in [5.41, 5.74) is 14.3. The van der Waals surface area contributed by atoms with Crippen LogP contribution in [0.4, 0.5) is 17.1 Å². The summed E-state index contributed by atoms with van der Waals surface area (Å²) in [6.07, 6.45) is 0. The third-order valence-electron chi connectivity index (χ3n) is 12.5. The lowest BCUT2D eigenvalue weighted by molar-refractivity contribution is 0.673. The minimum Gasteiger partial charge on any atom is -0.455 e. The first-order chi connectivity index (χ1) is 30.7. The molecular formula is C60H39NO. The predicted molar refractivity (Wildman–Crippen MR) is 263 cm³/mol. The molecule has 62 heavy (non-hydrogen) atoms. The Hall–Kier alpha value is -8.20. The minimum absolute atomic E-state index is 0.884. The van der Waals surface area contributed by atoms with Crippen LogP contribution < -0.4 is 4.90 Å². The van der Waals surface area contributed by atoms with Gasteiger partial charge >= 0.3 is 0 Å². The van der Waals surface area contributed by atoms with E-state index in [1.54, 1.807) is 0 Å². The second kappa shape index (κ2) is 14.8. The maximum absolute atomic E-state index is 6.66. The maximum atomic E-state index is 6.66. The SMILES string of the molecule is c1ccc(-c2ccc(-c3cccc4ccccc34)cc2N(c2ccc(-c3cccc4ccccc34)cc2)c2cccc(-c3cccc4oc5c6ccccc6ccc5c34)c2)cc1. The van der Waals surface area contributed by atoms with Gasteiger partial charge in [0, 0.05) is 33.1 Å². The van der Waals surface area contributed by atoms with Crippen LogP contribution in [-0.4, -0.2) is 0 Å². The van der Waals surface area contributed by atoms with Gasteiger partial charge in [-0.05, 0) is 108 Å². The molecule has 0 atom stereocenters. The molecular weight excluding hydrogens is 751 g/mol. The first kappa shape index (κ1) is 35.7. The number of hydrogen-bond acceptors (Lipinski definition) is 2. The third-order valence-corrected chi connectivity index (χ3v) is 12.5. The summed E-state index contributed by atoms with van der Waals surface area (Å²) >= 11 is 0. The summed E-state index contributed by atoms with van der Waals surface area (Å²) in [6, 6.07) is 85.6. The molecule has 0 fully saturated rings. The van der Waals surface area contributed by atoms with Crippen LogP contribution in [0.15, 0.2) is 241 Å². The van der Waals surface area contributed by atoms with Crippen LogP contribution in [0, 0.1) is 0 Å². The van der Waals surface area contributed by atoms with Crippen molar-refractivity contribution in [1.29, 1.82) is 0 Å². The van der Waals surface area contributed by atoms with Crippen molar-refractivity contribution in [3.63, 3.8) is 0 Å². The van der Waals surface area contributed by atoms with Crippen LogP contribution in [0.5, 0.6) is 0 Å². The van der Waals surface area contributed by atoms with Gasteiger partial charge in [-0.2, -0.15) is 0 Å². The average Bonchev–Trinajstić information content (AvgIpc) is 3.74. The lowest BCUT2D eigenvalue weighted by atomic mass is 9.93. The summed E-state index contributed by atoms with van der Waals surface area (Å²) in [6.45, 7) is 0. The van der Waals surface area contributed by atoms with Crippen molar-refractivity contribution >= 4 is 71.3 Å². The second-order valence-corrected chi connectivity index (χ2v) is 16.0. The Kier molecular flexibility index (Phi) is 8.53. The number of nitrogens with zero attached hydrogens (tertiary/aromatic N) is 1. The van der Waals surface area contributed by atoms with E-state index in [9.17, 15) is 0 Å². The summed E-state index contributed by atoms with van der Waals surface area (Å²) in [4.78, 5) is 2.44. The monoisotopic (exact) mass is 789 g/mol. The summed E-state index contributed by atoms with van der Waals surface area (Å²) in [7, 11) is 0. The zero-order valence-electron chi connectivity index (χ0n) is 33.9. The highest BCUT2D eigenvalue weighted by Gasteiger charge is 2.21. The van der Waals surface area contributed by atoms with Crippen LogP contribution in [-0.2, 0) is 0 Å². The molecule has 0 aliphatic carbocycles. The molecule has 1 heterocycles. The van der Waals surface area contributed by atoms with Crippen LogP contribution >= 0.6 is 0 Å². The van der Waals surface area contributed by atoms with E-state index in [1.165, 1.54) is 43.6 Å². The zero-order valence-corrected chi connectivity index (χ0v) is 33.9. The highest BCUT2D eigenvalue weighted by Crippen LogP contribution is 2.46. The summed E-state index contributed by atoms with van der Waals surface area (Å²) in [5, 5.41) is 9.47. The Morgan fingerprint density at radius 1 is 0.290 bits per heavy atom. The van der Waals surface area contributed by atoms with Crippen LogP contribution in [0.25, 0.3) is 98.8 Å². The van der Waals surface area contributed by atoms with E-state index in [1.807, 2.05) is 0 Å². The van der Waals surface area contributed by atoms with E-state index in [2.05, 4.69) is 241 Å². The molecule has 0 aliphatic heterocycles. The number of anilines is 3. The largest absolute Gasteiger partial charge is 0.455 e. The molecule has 1 aromatic heterocycles. The van der Waals surface area contributed by atoms with Crippen molar-refractivity contribution < 1.29 is 4.42 Å². The van der Waals surface area contributed by atoms with Crippen LogP contribution in [0.2, 0.25) is 0 Å². The van der Waals surface area contributed by atoms with E-state index in [-0.39, 0.29) is 0 Å². The molecule has 0 unspecified atom stereocenters. The van der Waals surface area contributed by atoms with Crippen molar-refractivity contribution in [2.45, 2.75) is 0 Å². The molecule has 0 bridgehead atoms. The van der Waals surface area contributed by atoms with Gasteiger partial charge in [0.1, 0.15) is 11.2 Å². The number of benzene rings is 11. The molecule has 0 spiro atoms. The summed E-state index contributed by atoms with van der Waals surface area (Å²) in [5.74, 6) is 0. The molecule has 0 saturated heterocycles. The Morgan fingerprint density at radius 3 is 1.56 bits per heavy atom. The second-order valence-electron chi connectivity index (χ2n) is 16.0. The zero-order chi connectivity index (χ0) is 41.0. The van der Waals surface area contributed by atoms with Crippen molar-refractivity contribution in [3.8, 4) is 44.5 Å². The third kappa shape index (κ3) is 6.04. The molecule has 0 amide bonds. The Balaban J connectivity index is 1.09. The van der Waals surface area contributed by atoms with Gasteiger partial charge in [0.2, 0.25) is 0 Å². The van der Waals surface area contributed by atoms with Crippen molar-refractivity contribution in [1.82, 2.24) is 0 Å². The van der Waals surface area contributed by atoms with Crippen molar-refractivity contribution in [2.75, 3.05) is 4.90 Å². The fourth-order valence-electron chi connectivity index (χ4n) is 9.52. The topological polar surface area (TPSA) is 16.4 Å². The van der Waals surface area contributed by atoms with Gasteiger partial charge in [0.15, 0.2) is 0 Å². The van der Waals surface area contributed by atoms with Crippen molar-refractivity contribution in [2.24, 2.45) is 0 Å². The Morgan fingerprint density at radius 2 is 0.823 bits per heavy atom. The van der Waals surface area contributed by atoms with Gasteiger partial charge in [0.05, 0.1) is 5.69 Å². The molecule has 2 heteroatoms. The molecule has 0 N–H and O–H groups in total. The number of rotatable bonds is 7. The standard InChI is InChI=1S/C60H39NO/c1-2-14-42(15-3-1)53-36-33-46(52-27-12-20-41-17-5-8-24-50(41)52)39-57(53)61(47-34-30-44(31-35-47)51-26-11-19-40-16-4-7-23-49(40)51)48-22-10-21-45(38-48)54-28-13-29-58-59(54)56-37-32-43-18-6-9-25-55(43)60(56)62-58/h1-39H. The lowest BCUT2D eigenvalue weighted by Crippen LogP contribution is -2.11. The van der Waals surface area contributed by atoms with Gasteiger partial charge < -0.3 is 9.32 Å². The normalized spacial score (nSPS) is 11.5. The first-order valence-corrected chi connectivity index (χ1v) is 21.2. The molecule has 11 aromatic carbocycles. The fraction of sp³-hybridized carbons (Fsp3) is 0. The smallest absolute Gasteiger partial charge is 0.143 e. The predicted octanol–water partition coefficient (Wildman–Crippen LogP) is 17.2. The summed E-state index contributed by atoms with van der Waals surface area (Å²) < 4.78 is 6.66. The molecule has 2 nitrogen and oxygen atoms in total. The fourth-order valence-corrected chi connectivity index (χ4v) is 9.52. The number of furan rings is 1. The molecule has 0 aliphatic rings.